The first-order chi connectivity index (χ1) is 6.27. The number of methoxy groups -OCH3 is 1. The minimum Gasteiger partial charge on any atom is -0.494 e. The minimum absolute atomic E-state index is 0.249. The Labute approximate surface area is 76.8 Å². The third-order valence-corrected chi connectivity index (χ3v) is 1.62. The summed E-state index contributed by atoms with van der Waals surface area (Å²) in [5.41, 5.74) is 6.16. The molecule has 0 aliphatic heterocycles. The van der Waals surface area contributed by atoms with E-state index in [1.807, 2.05) is 6.08 Å². The second-order valence-corrected chi connectivity index (χ2v) is 2.53. The minimum atomic E-state index is -0.354. The lowest BCUT2D eigenvalue weighted by atomic mass is 10.2. The van der Waals surface area contributed by atoms with Crippen LogP contribution in [0.1, 0.15) is 5.56 Å². The maximum Gasteiger partial charge on any atom is 0.165 e. The Balaban J connectivity index is 2.92. The zero-order chi connectivity index (χ0) is 9.68. The van der Waals surface area contributed by atoms with Crippen LogP contribution in [0.3, 0.4) is 0 Å². The van der Waals surface area contributed by atoms with E-state index in [1.165, 1.54) is 13.2 Å². The van der Waals surface area contributed by atoms with Crippen LogP contribution in [0.4, 0.5) is 4.39 Å². The number of hydrogen-bond acceptors (Lipinski definition) is 2. The smallest absolute Gasteiger partial charge is 0.165 e. The molecule has 70 valence electrons. The first kappa shape index (κ1) is 9.74. The zero-order valence-corrected chi connectivity index (χ0v) is 7.46. The van der Waals surface area contributed by atoms with Crippen LogP contribution in [0.25, 0.3) is 6.08 Å². The van der Waals surface area contributed by atoms with Crippen LogP contribution >= 0.6 is 0 Å². The van der Waals surface area contributed by atoms with Crippen molar-refractivity contribution >= 4 is 6.08 Å². The topological polar surface area (TPSA) is 35.2 Å². The van der Waals surface area contributed by atoms with Crippen molar-refractivity contribution in [3.8, 4) is 5.75 Å². The van der Waals surface area contributed by atoms with E-state index in [2.05, 4.69) is 0 Å². The Morgan fingerprint density at radius 2 is 2.31 bits per heavy atom. The van der Waals surface area contributed by atoms with Crippen LogP contribution in [-0.4, -0.2) is 13.7 Å². The normalized spacial score (nSPS) is 10.7. The fraction of sp³-hybridized carbons (Fsp3) is 0.200. The molecule has 1 aromatic carbocycles. The molecule has 1 aromatic rings. The van der Waals surface area contributed by atoms with Gasteiger partial charge in [-0.15, -0.1) is 0 Å². The van der Waals surface area contributed by atoms with Crippen molar-refractivity contribution < 1.29 is 9.13 Å². The lowest BCUT2D eigenvalue weighted by molar-refractivity contribution is 0.386. The Hall–Kier alpha value is -1.35. The molecule has 2 N–H and O–H groups in total. The molecule has 0 aliphatic carbocycles. The predicted octanol–water partition coefficient (Wildman–Crippen LogP) is 1.81. The van der Waals surface area contributed by atoms with Gasteiger partial charge in [-0.05, 0) is 17.7 Å². The average molecular weight is 181 g/mol. The highest BCUT2D eigenvalue weighted by molar-refractivity contribution is 5.52. The van der Waals surface area contributed by atoms with E-state index in [4.69, 9.17) is 10.5 Å². The van der Waals surface area contributed by atoms with Crippen LogP contribution in [0.15, 0.2) is 24.3 Å². The molecule has 0 saturated carbocycles. The van der Waals surface area contributed by atoms with E-state index in [0.29, 0.717) is 6.54 Å². The summed E-state index contributed by atoms with van der Waals surface area (Å²) in [6.45, 7) is 0.472. The molecule has 0 heterocycles. The molecule has 0 fully saturated rings. The van der Waals surface area contributed by atoms with Crippen molar-refractivity contribution in [1.29, 1.82) is 0 Å². The summed E-state index contributed by atoms with van der Waals surface area (Å²) in [4.78, 5) is 0. The van der Waals surface area contributed by atoms with Crippen molar-refractivity contribution in [1.82, 2.24) is 0 Å². The summed E-state index contributed by atoms with van der Waals surface area (Å²) in [5, 5.41) is 0. The summed E-state index contributed by atoms with van der Waals surface area (Å²) >= 11 is 0. The third kappa shape index (κ3) is 2.56. The Morgan fingerprint density at radius 1 is 1.54 bits per heavy atom. The Morgan fingerprint density at radius 3 is 2.92 bits per heavy atom. The lowest BCUT2D eigenvalue weighted by Gasteiger charge is -2.01. The largest absolute Gasteiger partial charge is 0.494 e. The van der Waals surface area contributed by atoms with Gasteiger partial charge < -0.3 is 10.5 Å². The molecular weight excluding hydrogens is 169 g/mol. The summed E-state index contributed by atoms with van der Waals surface area (Å²) < 4.78 is 17.7. The molecule has 3 heteroatoms. The lowest BCUT2D eigenvalue weighted by Crippen LogP contribution is -1.92. The van der Waals surface area contributed by atoms with Crippen LogP contribution in [0.2, 0.25) is 0 Å². The first-order valence-corrected chi connectivity index (χ1v) is 3.98. The standard InChI is InChI=1S/C10H12FNO/c1-13-10-7-8(3-2-6-12)4-5-9(10)11/h2-5,7H,6,12H2,1H3. The summed E-state index contributed by atoms with van der Waals surface area (Å²) in [5.74, 6) is -0.105. The molecule has 0 aliphatic rings. The molecule has 0 unspecified atom stereocenters. The Kier molecular flexibility index (Phi) is 3.46. The maximum absolute atomic E-state index is 12.9. The predicted molar refractivity (Wildman–Crippen MR) is 51.0 cm³/mol. The van der Waals surface area contributed by atoms with Gasteiger partial charge in [-0.25, -0.2) is 4.39 Å². The molecule has 0 atom stereocenters. The van der Waals surface area contributed by atoms with Gasteiger partial charge in [0.1, 0.15) is 0 Å². The molecule has 0 aromatic heterocycles. The highest BCUT2D eigenvalue weighted by Crippen LogP contribution is 2.18. The molecule has 0 spiro atoms. The molecule has 0 bridgehead atoms. The number of benzene rings is 1. The number of hydrogen-bond donors (Lipinski definition) is 1. The molecule has 0 amide bonds. The van der Waals surface area contributed by atoms with Gasteiger partial charge in [0.15, 0.2) is 11.6 Å². The summed E-state index contributed by atoms with van der Waals surface area (Å²) in [6.07, 6.45) is 3.62. The van der Waals surface area contributed by atoms with Gasteiger partial charge in [0.2, 0.25) is 0 Å². The fourth-order valence-electron chi connectivity index (χ4n) is 0.984. The highest BCUT2D eigenvalue weighted by Gasteiger charge is 2.00. The monoisotopic (exact) mass is 181 g/mol. The SMILES string of the molecule is COc1cc(C=CCN)ccc1F. The fourth-order valence-corrected chi connectivity index (χ4v) is 0.984. The van der Waals surface area contributed by atoms with Gasteiger partial charge in [-0.2, -0.15) is 0 Å². The number of rotatable bonds is 3. The van der Waals surface area contributed by atoms with Gasteiger partial charge >= 0.3 is 0 Å². The molecule has 1 rings (SSSR count). The van der Waals surface area contributed by atoms with Crippen molar-refractivity contribution in [2.75, 3.05) is 13.7 Å². The van der Waals surface area contributed by atoms with Crippen LogP contribution < -0.4 is 10.5 Å². The van der Waals surface area contributed by atoms with Crippen molar-refractivity contribution in [2.24, 2.45) is 5.73 Å². The highest BCUT2D eigenvalue weighted by atomic mass is 19.1. The molecule has 13 heavy (non-hydrogen) atoms. The molecule has 0 radical (unpaired) electrons. The van der Waals surface area contributed by atoms with E-state index in [1.54, 1.807) is 18.2 Å². The van der Waals surface area contributed by atoms with Crippen LogP contribution in [-0.2, 0) is 0 Å². The van der Waals surface area contributed by atoms with Crippen LogP contribution in [0.5, 0.6) is 5.75 Å². The zero-order valence-electron chi connectivity index (χ0n) is 7.46. The molecule has 0 saturated heterocycles. The van der Waals surface area contributed by atoms with Gasteiger partial charge in [0.05, 0.1) is 7.11 Å². The van der Waals surface area contributed by atoms with Crippen molar-refractivity contribution in [2.45, 2.75) is 0 Å². The van der Waals surface area contributed by atoms with E-state index >= 15 is 0 Å². The third-order valence-electron chi connectivity index (χ3n) is 1.62. The van der Waals surface area contributed by atoms with Gasteiger partial charge in [-0.1, -0.05) is 18.2 Å². The number of halogens is 1. The van der Waals surface area contributed by atoms with Gasteiger partial charge in [0.25, 0.3) is 0 Å². The van der Waals surface area contributed by atoms with Crippen molar-refractivity contribution in [3.05, 3.63) is 35.7 Å². The second kappa shape index (κ2) is 4.62. The van der Waals surface area contributed by atoms with E-state index in [9.17, 15) is 4.39 Å². The molecular formula is C10H12FNO. The summed E-state index contributed by atoms with van der Waals surface area (Å²) in [7, 11) is 1.44. The van der Waals surface area contributed by atoms with Crippen LogP contribution in [0, 0.1) is 5.82 Å². The van der Waals surface area contributed by atoms with E-state index in [0.717, 1.165) is 5.56 Å². The second-order valence-electron chi connectivity index (χ2n) is 2.53. The number of ether oxygens (including phenoxy) is 1. The summed E-state index contributed by atoms with van der Waals surface area (Å²) in [6, 6.07) is 4.67. The maximum atomic E-state index is 12.9. The van der Waals surface area contributed by atoms with E-state index < -0.39 is 0 Å². The Bertz CT molecular complexity index is 310. The van der Waals surface area contributed by atoms with E-state index in [-0.39, 0.29) is 11.6 Å². The van der Waals surface area contributed by atoms with Gasteiger partial charge in [0, 0.05) is 6.54 Å². The first-order valence-electron chi connectivity index (χ1n) is 3.98. The average Bonchev–Trinajstić information content (AvgIpc) is 2.16. The van der Waals surface area contributed by atoms with Crippen molar-refractivity contribution in [3.63, 3.8) is 0 Å². The molecule has 2 nitrogen and oxygen atoms in total. The quantitative estimate of drug-likeness (QED) is 0.771. The van der Waals surface area contributed by atoms with Gasteiger partial charge in [-0.3, -0.25) is 0 Å². The number of nitrogens with two attached hydrogens (primary N) is 1.